The van der Waals surface area contributed by atoms with Gasteiger partial charge < -0.3 is 16.2 Å². The molecule has 0 aliphatic rings. The van der Waals surface area contributed by atoms with Crippen molar-refractivity contribution in [3.63, 3.8) is 0 Å². The number of benzene rings is 1. The number of carbonyl (C=O) groups excluding carboxylic acids is 1. The van der Waals surface area contributed by atoms with Gasteiger partial charge in [-0.1, -0.05) is 61.2 Å². The lowest BCUT2D eigenvalue weighted by Crippen LogP contribution is -2.34. The van der Waals surface area contributed by atoms with E-state index in [2.05, 4.69) is 11.9 Å². The van der Waals surface area contributed by atoms with Gasteiger partial charge in [-0.15, -0.1) is 0 Å². The number of nitrogens with two attached hydrogens (primary N) is 1. The molecule has 140 valence electrons. The van der Waals surface area contributed by atoms with Crippen LogP contribution >= 0.6 is 0 Å². The first-order valence-electron chi connectivity index (χ1n) is 8.75. The summed E-state index contributed by atoms with van der Waals surface area (Å²) in [5.41, 5.74) is 8.25. The van der Waals surface area contributed by atoms with Crippen LogP contribution in [-0.4, -0.2) is 23.0 Å². The van der Waals surface area contributed by atoms with Gasteiger partial charge in [0.2, 0.25) is 5.91 Å². The summed E-state index contributed by atoms with van der Waals surface area (Å²) in [5, 5.41) is 11.7. The molecular weight excluding hydrogens is 328 g/mol. The molecule has 5 heteroatoms. The van der Waals surface area contributed by atoms with E-state index in [1.807, 2.05) is 55.5 Å². The van der Waals surface area contributed by atoms with Crippen molar-refractivity contribution in [1.82, 2.24) is 5.32 Å². The van der Waals surface area contributed by atoms with Crippen LogP contribution in [0, 0.1) is 0 Å². The molecule has 0 bridgehead atoms. The van der Waals surface area contributed by atoms with E-state index in [1.165, 1.54) is 0 Å². The lowest BCUT2D eigenvalue weighted by Gasteiger charge is -2.23. The maximum atomic E-state index is 12.2. The number of carbonyl (C=O) groups is 2. The second-order valence-electron chi connectivity index (χ2n) is 6.02. The minimum atomic E-state index is -0.898. The predicted octanol–water partition coefficient (Wildman–Crippen LogP) is 3.50. The molecule has 4 N–H and O–H groups in total. The van der Waals surface area contributed by atoms with Gasteiger partial charge in [0.15, 0.2) is 0 Å². The number of hydrogen-bond donors (Lipinski definition) is 3. The van der Waals surface area contributed by atoms with Crippen molar-refractivity contribution in [3.05, 3.63) is 72.4 Å². The molecule has 1 aromatic rings. The zero-order valence-electron chi connectivity index (χ0n) is 15.2. The van der Waals surface area contributed by atoms with Crippen LogP contribution in [0.4, 0.5) is 0 Å². The van der Waals surface area contributed by atoms with E-state index in [4.69, 9.17) is 10.8 Å². The van der Waals surface area contributed by atoms with Crippen molar-refractivity contribution < 1.29 is 14.7 Å². The van der Waals surface area contributed by atoms with E-state index in [0.29, 0.717) is 12.8 Å². The maximum Gasteiger partial charge on any atom is 0.303 e. The Hall–Kier alpha value is -2.66. The molecule has 5 nitrogen and oxygen atoms in total. The average molecular weight is 356 g/mol. The first-order chi connectivity index (χ1) is 12.5. The fourth-order valence-corrected chi connectivity index (χ4v) is 2.65. The van der Waals surface area contributed by atoms with E-state index in [-0.39, 0.29) is 30.8 Å². The smallest absolute Gasteiger partial charge is 0.303 e. The number of aliphatic carboxylic acids is 1. The van der Waals surface area contributed by atoms with E-state index in [1.54, 1.807) is 6.08 Å². The van der Waals surface area contributed by atoms with Gasteiger partial charge in [-0.05, 0) is 30.9 Å². The number of nitrogens with one attached hydrogen (secondary N) is 1. The fourth-order valence-electron chi connectivity index (χ4n) is 2.65. The zero-order chi connectivity index (χ0) is 19.4. The third-order valence-corrected chi connectivity index (χ3v) is 3.92. The molecule has 0 saturated carbocycles. The Bertz CT molecular complexity index is 650. The molecule has 0 spiro atoms. The molecule has 2 unspecified atom stereocenters. The largest absolute Gasteiger partial charge is 0.481 e. The molecule has 26 heavy (non-hydrogen) atoms. The maximum absolute atomic E-state index is 12.2. The molecule has 0 saturated heterocycles. The number of amides is 1. The second-order valence-corrected chi connectivity index (χ2v) is 6.02. The molecular formula is C21H28N2O3. The Balaban J connectivity index is 2.85. The average Bonchev–Trinajstić information content (AvgIpc) is 2.61. The van der Waals surface area contributed by atoms with E-state index in [0.717, 1.165) is 11.1 Å². The van der Waals surface area contributed by atoms with Gasteiger partial charge in [-0.2, -0.15) is 0 Å². The van der Waals surface area contributed by atoms with Crippen LogP contribution in [0.1, 0.15) is 44.2 Å². The molecule has 2 atom stereocenters. The van der Waals surface area contributed by atoms with E-state index < -0.39 is 5.97 Å². The predicted molar refractivity (Wildman–Crippen MR) is 104 cm³/mol. The van der Waals surface area contributed by atoms with Gasteiger partial charge in [-0.3, -0.25) is 9.59 Å². The Morgan fingerprint density at radius 2 is 1.96 bits per heavy atom. The number of allylic oxidation sites excluding steroid dienone is 3. The van der Waals surface area contributed by atoms with E-state index in [9.17, 15) is 9.59 Å². The molecule has 0 fully saturated rings. The van der Waals surface area contributed by atoms with Crippen LogP contribution in [0.2, 0.25) is 0 Å². The number of carboxylic acid groups (broad SMARTS) is 1. The third-order valence-electron chi connectivity index (χ3n) is 3.92. The van der Waals surface area contributed by atoms with Crippen LogP contribution in [0.3, 0.4) is 0 Å². The fraction of sp³-hybridized carbons (Fsp3) is 0.333. The lowest BCUT2D eigenvalue weighted by atomic mass is 9.94. The SMILES string of the molecule is C=C/C=C(\C=C/C)C(N)CC(NC(=O)CCCC(=O)O)c1ccccc1. The summed E-state index contributed by atoms with van der Waals surface area (Å²) in [6.07, 6.45) is 8.40. The quantitative estimate of drug-likeness (QED) is 0.529. The van der Waals surface area contributed by atoms with Crippen LogP contribution in [0.15, 0.2) is 66.8 Å². The van der Waals surface area contributed by atoms with Crippen LogP contribution in [-0.2, 0) is 9.59 Å². The minimum Gasteiger partial charge on any atom is -0.481 e. The lowest BCUT2D eigenvalue weighted by molar-refractivity contribution is -0.137. The summed E-state index contributed by atoms with van der Waals surface area (Å²) in [4.78, 5) is 22.8. The standard InChI is InChI=1S/C21H28N2O3/c1-3-9-16(10-4-2)18(22)15-19(17-11-6-5-7-12-17)23-20(24)13-8-14-21(25)26/h3-7,9-12,18-19H,1,8,13-15,22H2,2H3,(H,23,24)(H,25,26)/b10-4-,16-9+. The van der Waals surface area contributed by atoms with Crippen molar-refractivity contribution in [2.24, 2.45) is 5.73 Å². The third kappa shape index (κ3) is 7.94. The normalized spacial score (nSPS) is 14.0. The summed E-state index contributed by atoms with van der Waals surface area (Å²) in [6, 6.07) is 9.12. The van der Waals surface area contributed by atoms with Crippen molar-refractivity contribution in [2.75, 3.05) is 0 Å². The van der Waals surface area contributed by atoms with Crippen molar-refractivity contribution in [2.45, 2.75) is 44.7 Å². The van der Waals surface area contributed by atoms with Crippen LogP contribution in [0.5, 0.6) is 0 Å². The molecule has 0 heterocycles. The minimum absolute atomic E-state index is 0.0174. The Morgan fingerprint density at radius 1 is 1.27 bits per heavy atom. The van der Waals surface area contributed by atoms with Crippen LogP contribution in [0.25, 0.3) is 0 Å². The number of hydrogen-bond acceptors (Lipinski definition) is 3. The first-order valence-corrected chi connectivity index (χ1v) is 8.75. The highest BCUT2D eigenvalue weighted by atomic mass is 16.4. The zero-order valence-corrected chi connectivity index (χ0v) is 15.2. The highest BCUT2D eigenvalue weighted by molar-refractivity contribution is 5.77. The molecule has 0 aliphatic heterocycles. The molecule has 0 aromatic heterocycles. The Morgan fingerprint density at radius 3 is 2.54 bits per heavy atom. The summed E-state index contributed by atoms with van der Waals surface area (Å²) in [6.45, 7) is 5.63. The van der Waals surface area contributed by atoms with Crippen molar-refractivity contribution in [1.29, 1.82) is 0 Å². The molecule has 0 radical (unpaired) electrons. The van der Waals surface area contributed by atoms with Gasteiger partial charge in [0.1, 0.15) is 0 Å². The number of carboxylic acids is 1. The molecule has 1 amide bonds. The first kappa shape index (κ1) is 21.4. The van der Waals surface area contributed by atoms with Crippen LogP contribution < -0.4 is 11.1 Å². The summed E-state index contributed by atoms with van der Waals surface area (Å²) >= 11 is 0. The summed E-state index contributed by atoms with van der Waals surface area (Å²) in [7, 11) is 0. The Labute approximate surface area is 155 Å². The van der Waals surface area contributed by atoms with Crippen molar-refractivity contribution >= 4 is 11.9 Å². The van der Waals surface area contributed by atoms with E-state index >= 15 is 0 Å². The molecule has 0 aliphatic carbocycles. The summed E-state index contributed by atoms with van der Waals surface area (Å²) in [5.74, 6) is -1.07. The molecule has 1 aromatic carbocycles. The monoisotopic (exact) mass is 356 g/mol. The van der Waals surface area contributed by atoms with Gasteiger partial charge in [0, 0.05) is 18.9 Å². The molecule has 1 rings (SSSR count). The van der Waals surface area contributed by atoms with Gasteiger partial charge in [0.25, 0.3) is 0 Å². The van der Waals surface area contributed by atoms with Gasteiger partial charge in [-0.25, -0.2) is 0 Å². The van der Waals surface area contributed by atoms with Gasteiger partial charge in [0.05, 0.1) is 6.04 Å². The second kappa shape index (κ2) is 11.8. The van der Waals surface area contributed by atoms with Gasteiger partial charge >= 0.3 is 5.97 Å². The topological polar surface area (TPSA) is 92.4 Å². The number of rotatable bonds is 11. The van der Waals surface area contributed by atoms with Crippen molar-refractivity contribution in [3.8, 4) is 0 Å². The summed E-state index contributed by atoms with van der Waals surface area (Å²) < 4.78 is 0. The highest BCUT2D eigenvalue weighted by Gasteiger charge is 2.19. The highest BCUT2D eigenvalue weighted by Crippen LogP contribution is 2.21. The Kier molecular flexibility index (Phi) is 9.72.